The Hall–Kier alpha value is -3.46. The summed E-state index contributed by atoms with van der Waals surface area (Å²) in [6, 6.07) is 26.7. The lowest BCUT2D eigenvalue weighted by molar-refractivity contribution is 0.0979. The van der Waals surface area contributed by atoms with Crippen molar-refractivity contribution in [2.45, 2.75) is 45.4 Å². The van der Waals surface area contributed by atoms with E-state index in [1.807, 2.05) is 43.3 Å². The van der Waals surface area contributed by atoms with Crippen molar-refractivity contribution in [3.8, 4) is 0 Å². The number of hydrogen-bond donors (Lipinski definition) is 1. The van der Waals surface area contributed by atoms with Crippen molar-refractivity contribution in [2.75, 3.05) is 5.73 Å². The van der Waals surface area contributed by atoms with Crippen LogP contribution < -0.4 is 5.73 Å². The monoisotopic (exact) mass is 422 g/mol. The van der Waals surface area contributed by atoms with E-state index in [0.29, 0.717) is 6.42 Å². The molecule has 0 saturated heterocycles. The van der Waals surface area contributed by atoms with Gasteiger partial charge in [0, 0.05) is 28.8 Å². The fraction of sp³-hybridized carbons (Fsp3) is 0.241. The van der Waals surface area contributed by atoms with Crippen molar-refractivity contribution in [3.05, 3.63) is 107 Å². The van der Waals surface area contributed by atoms with Crippen molar-refractivity contribution < 1.29 is 4.79 Å². The zero-order valence-electron chi connectivity index (χ0n) is 18.7. The number of aryl methyl sites for hydroxylation is 4. The molecule has 0 bridgehead atoms. The number of anilines is 1. The lowest BCUT2D eigenvalue weighted by Crippen LogP contribution is -2.05. The van der Waals surface area contributed by atoms with E-state index in [4.69, 9.17) is 5.73 Å². The molecule has 3 aromatic carbocycles. The molecule has 0 aliphatic carbocycles. The summed E-state index contributed by atoms with van der Waals surface area (Å²) in [5, 5.41) is 0.989. The smallest absolute Gasteiger partial charge is 0.163 e. The number of carbonyl (C=O) groups excluding carboxylic acids is 1. The van der Waals surface area contributed by atoms with Crippen LogP contribution in [-0.2, 0) is 19.3 Å². The summed E-state index contributed by atoms with van der Waals surface area (Å²) in [6.07, 6.45) is 5.22. The molecular weight excluding hydrogens is 392 g/mol. The molecule has 0 aliphatic rings. The Morgan fingerprint density at radius 2 is 1.56 bits per heavy atom. The lowest BCUT2D eigenvalue weighted by Gasteiger charge is -2.10. The Labute approximate surface area is 190 Å². The second-order valence-corrected chi connectivity index (χ2v) is 8.48. The van der Waals surface area contributed by atoms with Gasteiger partial charge in [-0.15, -0.1) is 0 Å². The molecule has 3 heteroatoms. The number of pyridine rings is 1. The number of aromatic nitrogens is 1. The van der Waals surface area contributed by atoms with E-state index in [1.165, 1.54) is 11.1 Å². The molecule has 162 valence electrons. The molecule has 4 aromatic rings. The maximum absolute atomic E-state index is 13.0. The summed E-state index contributed by atoms with van der Waals surface area (Å²) >= 11 is 0. The van der Waals surface area contributed by atoms with Gasteiger partial charge in [-0.3, -0.25) is 9.78 Å². The molecule has 0 atom stereocenters. The molecule has 1 heterocycles. The van der Waals surface area contributed by atoms with Crippen LogP contribution in [0.3, 0.4) is 0 Å². The van der Waals surface area contributed by atoms with Gasteiger partial charge < -0.3 is 5.73 Å². The number of nitrogens with two attached hydrogens (primary N) is 1. The van der Waals surface area contributed by atoms with Crippen LogP contribution in [-0.4, -0.2) is 10.8 Å². The minimum Gasteiger partial charge on any atom is -0.398 e. The van der Waals surface area contributed by atoms with E-state index in [1.54, 1.807) is 0 Å². The Kier molecular flexibility index (Phi) is 6.96. The number of benzene rings is 3. The van der Waals surface area contributed by atoms with Crippen LogP contribution in [0.2, 0.25) is 0 Å². The third-order valence-electron chi connectivity index (χ3n) is 5.97. The first-order valence-corrected chi connectivity index (χ1v) is 11.4. The largest absolute Gasteiger partial charge is 0.398 e. The topological polar surface area (TPSA) is 56.0 Å². The average molecular weight is 423 g/mol. The van der Waals surface area contributed by atoms with Crippen LogP contribution in [0.1, 0.15) is 52.0 Å². The molecule has 3 nitrogen and oxygen atoms in total. The summed E-state index contributed by atoms with van der Waals surface area (Å²) in [5.74, 6) is 0.234. The first kappa shape index (κ1) is 21.8. The van der Waals surface area contributed by atoms with Gasteiger partial charge in [-0.25, -0.2) is 0 Å². The van der Waals surface area contributed by atoms with Gasteiger partial charge in [0.05, 0.1) is 5.52 Å². The molecule has 32 heavy (non-hydrogen) atoms. The molecule has 0 amide bonds. The molecule has 0 saturated carbocycles. The van der Waals surface area contributed by atoms with Crippen molar-refractivity contribution in [3.63, 3.8) is 0 Å². The Balaban J connectivity index is 1.35. The minimum absolute atomic E-state index is 0.234. The highest BCUT2D eigenvalue weighted by atomic mass is 16.1. The fourth-order valence-corrected chi connectivity index (χ4v) is 4.32. The van der Waals surface area contributed by atoms with Gasteiger partial charge in [0.1, 0.15) is 0 Å². The zero-order chi connectivity index (χ0) is 22.3. The van der Waals surface area contributed by atoms with Gasteiger partial charge in [0.25, 0.3) is 0 Å². The zero-order valence-corrected chi connectivity index (χ0v) is 18.7. The first-order valence-electron chi connectivity index (χ1n) is 11.4. The highest BCUT2D eigenvalue weighted by Crippen LogP contribution is 2.23. The number of Topliss-reactive ketones (excluding diaryl/α,β-unsaturated/α-hetero) is 1. The normalized spacial score (nSPS) is 11.0. The number of fused-ring (bicyclic) bond motifs is 1. The second-order valence-electron chi connectivity index (χ2n) is 8.48. The number of carbonyl (C=O) groups is 1. The summed E-state index contributed by atoms with van der Waals surface area (Å²) in [5.41, 5.74) is 13.4. The average Bonchev–Trinajstić information content (AvgIpc) is 2.80. The van der Waals surface area contributed by atoms with E-state index in [-0.39, 0.29) is 5.78 Å². The number of nitrogens with zero attached hydrogens (tertiary/aromatic N) is 1. The van der Waals surface area contributed by atoms with Crippen LogP contribution >= 0.6 is 0 Å². The Morgan fingerprint density at radius 1 is 0.812 bits per heavy atom. The van der Waals surface area contributed by atoms with E-state index >= 15 is 0 Å². The summed E-state index contributed by atoms with van der Waals surface area (Å²) in [4.78, 5) is 17.5. The number of rotatable bonds is 9. The molecule has 0 fully saturated rings. The van der Waals surface area contributed by atoms with E-state index in [2.05, 4.69) is 47.4 Å². The Morgan fingerprint density at radius 3 is 2.41 bits per heavy atom. The van der Waals surface area contributed by atoms with Gasteiger partial charge in [-0.1, -0.05) is 60.7 Å². The van der Waals surface area contributed by atoms with Crippen molar-refractivity contribution in [1.82, 2.24) is 4.98 Å². The molecule has 0 radical (unpaired) electrons. The molecule has 0 unspecified atom stereocenters. The molecule has 2 N–H and O–H groups in total. The number of ketones is 1. The van der Waals surface area contributed by atoms with Crippen molar-refractivity contribution >= 4 is 22.4 Å². The van der Waals surface area contributed by atoms with Crippen LogP contribution in [0.4, 0.5) is 5.69 Å². The van der Waals surface area contributed by atoms with Crippen molar-refractivity contribution in [2.24, 2.45) is 0 Å². The fourth-order valence-electron chi connectivity index (χ4n) is 4.32. The first-order chi connectivity index (χ1) is 15.6. The summed E-state index contributed by atoms with van der Waals surface area (Å²) in [7, 11) is 0. The maximum Gasteiger partial charge on any atom is 0.163 e. The summed E-state index contributed by atoms with van der Waals surface area (Å²) < 4.78 is 0. The Bertz CT molecular complexity index is 1210. The van der Waals surface area contributed by atoms with Gasteiger partial charge in [-0.2, -0.15) is 0 Å². The second kappa shape index (κ2) is 10.2. The van der Waals surface area contributed by atoms with Gasteiger partial charge in [0.15, 0.2) is 5.78 Å². The highest BCUT2D eigenvalue weighted by molar-refractivity contribution is 5.97. The molecule has 0 spiro atoms. The van der Waals surface area contributed by atoms with Gasteiger partial charge >= 0.3 is 0 Å². The van der Waals surface area contributed by atoms with Crippen LogP contribution in [0.25, 0.3) is 10.9 Å². The molecule has 4 rings (SSSR count). The van der Waals surface area contributed by atoms with Gasteiger partial charge in [-0.05, 0) is 73.9 Å². The van der Waals surface area contributed by atoms with Gasteiger partial charge in [0.2, 0.25) is 0 Å². The minimum atomic E-state index is 0.234. The third kappa shape index (κ3) is 5.42. The predicted octanol–water partition coefficient (Wildman–Crippen LogP) is 6.51. The van der Waals surface area contributed by atoms with Crippen LogP contribution in [0.15, 0.2) is 78.9 Å². The molecular formula is C29H30N2O. The molecule has 1 aromatic heterocycles. The molecule has 0 aliphatic heterocycles. The lowest BCUT2D eigenvalue weighted by atomic mass is 9.95. The quantitative estimate of drug-likeness (QED) is 0.313. The number of nitrogen functional groups attached to an aromatic ring is 1. The van der Waals surface area contributed by atoms with Crippen LogP contribution in [0, 0.1) is 6.92 Å². The standard InChI is InChI=1S/C29H30N2O/c1-21-19-27(30)26-20-23(17-18-28(26)31-21)12-8-16-29(32)25-15-6-5-13-24(25)14-7-11-22-9-3-2-4-10-22/h2-6,9-10,13,15,17-20H,7-8,11-12,14,16H2,1H3,(H2,30,31). The van der Waals surface area contributed by atoms with E-state index in [9.17, 15) is 4.79 Å². The third-order valence-corrected chi connectivity index (χ3v) is 5.97. The van der Waals surface area contributed by atoms with E-state index in [0.717, 1.165) is 65.5 Å². The van der Waals surface area contributed by atoms with E-state index < -0.39 is 0 Å². The van der Waals surface area contributed by atoms with Crippen molar-refractivity contribution in [1.29, 1.82) is 0 Å². The van der Waals surface area contributed by atoms with Crippen LogP contribution in [0.5, 0.6) is 0 Å². The number of hydrogen-bond acceptors (Lipinski definition) is 3. The maximum atomic E-state index is 13.0. The highest BCUT2D eigenvalue weighted by Gasteiger charge is 2.11. The summed E-state index contributed by atoms with van der Waals surface area (Å²) in [6.45, 7) is 1.95. The SMILES string of the molecule is Cc1cc(N)c2cc(CCCC(=O)c3ccccc3CCCc3ccccc3)ccc2n1. The predicted molar refractivity (Wildman–Crippen MR) is 133 cm³/mol.